The summed E-state index contributed by atoms with van der Waals surface area (Å²) in [6.45, 7) is 10.9. The molecule has 6 nitrogen and oxygen atoms in total. The van der Waals surface area contributed by atoms with Crippen LogP contribution in [0.2, 0.25) is 0 Å². The van der Waals surface area contributed by atoms with E-state index in [1.165, 1.54) is 0 Å². The van der Waals surface area contributed by atoms with E-state index < -0.39 is 0 Å². The van der Waals surface area contributed by atoms with Gasteiger partial charge in [0.15, 0.2) is 0 Å². The lowest BCUT2D eigenvalue weighted by molar-refractivity contribution is -0.150. The lowest BCUT2D eigenvalue weighted by Crippen LogP contribution is -2.34. The van der Waals surface area contributed by atoms with Crippen LogP contribution in [-0.2, 0) is 9.53 Å². The lowest BCUT2D eigenvalue weighted by atomic mass is 9.65. The minimum atomic E-state index is -0.0544. The van der Waals surface area contributed by atoms with Gasteiger partial charge >= 0.3 is 5.97 Å². The van der Waals surface area contributed by atoms with E-state index in [4.69, 9.17) is 9.72 Å². The molecule has 0 spiro atoms. The number of thiazole rings is 1. The average Bonchev–Trinajstić information content (AvgIpc) is 3.22. The summed E-state index contributed by atoms with van der Waals surface area (Å²) in [4.78, 5) is 27.0. The van der Waals surface area contributed by atoms with Crippen LogP contribution in [0, 0.1) is 25.2 Å². The van der Waals surface area contributed by atoms with Crippen LogP contribution in [0.1, 0.15) is 62.2 Å². The molecule has 4 rings (SSSR count). The molecule has 1 aliphatic carbocycles. The molecule has 174 valence electrons. The van der Waals surface area contributed by atoms with Gasteiger partial charge in [-0.2, -0.15) is 0 Å². The lowest BCUT2D eigenvalue weighted by Gasteiger charge is -2.40. The fourth-order valence-electron chi connectivity index (χ4n) is 4.77. The van der Waals surface area contributed by atoms with E-state index >= 15 is 0 Å². The van der Waals surface area contributed by atoms with Crippen molar-refractivity contribution in [3.63, 3.8) is 0 Å². The van der Waals surface area contributed by atoms with E-state index in [0.29, 0.717) is 18.5 Å². The van der Waals surface area contributed by atoms with Crippen LogP contribution >= 0.6 is 11.3 Å². The van der Waals surface area contributed by atoms with Gasteiger partial charge < -0.3 is 10.1 Å². The third-order valence-corrected chi connectivity index (χ3v) is 7.53. The predicted octanol–water partition coefficient (Wildman–Crippen LogP) is 6.43. The molecule has 0 amide bonds. The van der Waals surface area contributed by atoms with Gasteiger partial charge in [0, 0.05) is 29.7 Å². The molecule has 2 aromatic heterocycles. The van der Waals surface area contributed by atoms with E-state index in [1.54, 1.807) is 17.5 Å². The first kappa shape index (κ1) is 23.4. The summed E-state index contributed by atoms with van der Waals surface area (Å²) in [5, 5.41) is 4.47. The van der Waals surface area contributed by atoms with Gasteiger partial charge in [0.25, 0.3) is 0 Å². The van der Waals surface area contributed by atoms with E-state index in [-0.39, 0.29) is 17.3 Å². The molecular formula is C26H32N4O2S. The van der Waals surface area contributed by atoms with Gasteiger partial charge in [-0.3, -0.25) is 4.79 Å². The number of hydrogen-bond donors (Lipinski definition) is 1. The topological polar surface area (TPSA) is 77.0 Å². The van der Waals surface area contributed by atoms with Crippen molar-refractivity contribution in [1.82, 2.24) is 15.0 Å². The number of esters is 1. The van der Waals surface area contributed by atoms with Gasteiger partial charge in [0.1, 0.15) is 0 Å². The van der Waals surface area contributed by atoms with Crippen LogP contribution in [0.4, 0.5) is 11.6 Å². The molecule has 2 unspecified atom stereocenters. The number of aromatic nitrogens is 3. The second-order valence-corrected chi connectivity index (χ2v) is 10.6. The molecule has 1 aromatic carbocycles. The van der Waals surface area contributed by atoms with Crippen LogP contribution in [0.5, 0.6) is 0 Å². The number of ether oxygens (including phenoxy) is 1. The highest BCUT2D eigenvalue weighted by molar-refractivity contribution is 7.15. The van der Waals surface area contributed by atoms with E-state index in [9.17, 15) is 4.79 Å². The van der Waals surface area contributed by atoms with Crippen molar-refractivity contribution in [1.29, 1.82) is 0 Å². The summed E-state index contributed by atoms with van der Waals surface area (Å²) in [6, 6.07) is 8.28. The third-order valence-electron chi connectivity index (χ3n) is 6.37. The van der Waals surface area contributed by atoms with Gasteiger partial charge in [-0.05, 0) is 74.8 Å². The number of carbonyl (C=O) groups is 1. The highest BCUT2D eigenvalue weighted by Gasteiger charge is 2.41. The Morgan fingerprint density at radius 3 is 2.76 bits per heavy atom. The molecule has 1 aliphatic rings. The summed E-state index contributed by atoms with van der Waals surface area (Å²) in [5.74, 6) is 0.868. The number of benzene rings is 1. The summed E-state index contributed by atoms with van der Waals surface area (Å²) in [6.07, 6.45) is 6.39. The fraction of sp³-hybridized carbons (Fsp3) is 0.462. The quantitative estimate of drug-likeness (QED) is 0.423. The SMILES string of the molecule is CCOC(=O)C1CCC(c2ncc(-c3cc(C)cc(Nc4nccc(C)n4)c3)s2)C(C)(C)C1. The normalized spacial score (nSPS) is 19.8. The standard InChI is InChI=1S/C26H32N4O2S/c1-6-32-24(31)18-7-8-21(26(4,5)14-18)23-28-15-22(33-23)19-11-16(2)12-20(13-19)30-25-27-10-9-17(3)29-25/h9-13,15,18,21H,6-8,14H2,1-5H3,(H,27,29,30). The number of hydrogen-bond acceptors (Lipinski definition) is 7. The Bertz CT molecular complexity index is 1140. The Kier molecular flexibility index (Phi) is 6.79. The van der Waals surface area contributed by atoms with Crippen LogP contribution < -0.4 is 5.32 Å². The van der Waals surface area contributed by atoms with Crippen molar-refractivity contribution in [3.05, 3.63) is 52.9 Å². The summed E-state index contributed by atoms with van der Waals surface area (Å²) in [7, 11) is 0. The molecule has 0 bridgehead atoms. The molecule has 1 fully saturated rings. The molecule has 33 heavy (non-hydrogen) atoms. The predicted molar refractivity (Wildman–Crippen MR) is 133 cm³/mol. The van der Waals surface area contributed by atoms with E-state index in [0.717, 1.165) is 51.7 Å². The van der Waals surface area contributed by atoms with E-state index in [2.05, 4.69) is 54.3 Å². The fourth-order valence-corrected chi connectivity index (χ4v) is 6.03. The molecule has 0 aliphatic heterocycles. The first-order valence-corrected chi connectivity index (χ1v) is 12.4. The number of nitrogens with zero attached hydrogens (tertiary/aromatic N) is 3. The molecule has 2 heterocycles. The van der Waals surface area contributed by atoms with Gasteiger partial charge in [-0.25, -0.2) is 15.0 Å². The Morgan fingerprint density at radius 1 is 1.21 bits per heavy atom. The number of nitrogens with one attached hydrogen (secondary N) is 1. The van der Waals surface area contributed by atoms with Crippen molar-refractivity contribution >= 4 is 28.9 Å². The maximum Gasteiger partial charge on any atom is 0.308 e. The van der Waals surface area contributed by atoms with Gasteiger partial charge in [0.2, 0.25) is 5.95 Å². The monoisotopic (exact) mass is 464 g/mol. The number of aryl methyl sites for hydroxylation is 2. The van der Waals surface area contributed by atoms with Crippen molar-refractivity contribution in [2.75, 3.05) is 11.9 Å². The maximum absolute atomic E-state index is 12.3. The van der Waals surface area contributed by atoms with Crippen LogP contribution in [0.15, 0.2) is 36.7 Å². The zero-order chi connectivity index (χ0) is 23.6. The molecule has 1 N–H and O–H groups in total. The zero-order valence-electron chi connectivity index (χ0n) is 20.0. The molecule has 0 radical (unpaired) electrons. The van der Waals surface area contributed by atoms with Crippen molar-refractivity contribution in [2.24, 2.45) is 11.3 Å². The maximum atomic E-state index is 12.3. The minimum absolute atomic E-state index is 0.00731. The van der Waals surface area contributed by atoms with Crippen LogP contribution in [0.25, 0.3) is 10.4 Å². The molecule has 7 heteroatoms. The summed E-state index contributed by atoms with van der Waals surface area (Å²) in [5.41, 5.74) is 4.17. The summed E-state index contributed by atoms with van der Waals surface area (Å²) < 4.78 is 5.28. The van der Waals surface area contributed by atoms with E-state index in [1.807, 2.05) is 26.1 Å². The van der Waals surface area contributed by atoms with Crippen molar-refractivity contribution in [3.8, 4) is 10.4 Å². The number of anilines is 2. The summed E-state index contributed by atoms with van der Waals surface area (Å²) >= 11 is 1.75. The molecule has 3 aromatic rings. The second kappa shape index (κ2) is 9.59. The average molecular weight is 465 g/mol. The Hall–Kier alpha value is -2.80. The van der Waals surface area contributed by atoms with Crippen LogP contribution in [-0.4, -0.2) is 27.5 Å². The Balaban J connectivity index is 1.54. The molecule has 1 saturated carbocycles. The Labute approximate surface area is 199 Å². The number of carbonyl (C=O) groups excluding carboxylic acids is 1. The highest BCUT2D eigenvalue weighted by atomic mass is 32.1. The molecular weight excluding hydrogens is 432 g/mol. The van der Waals surface area contributed by atoms with Crippen molar-refractivity contribution in [2.45, 2.75) is 59.8 Å². The first-order chi connectivity index (χ1) is 15.7. The third kappa shape index (κ3) is 5.41. The second-order valence-electron chi connectivity index (χ2n) is 9.57. The smallest absolute Gasteiger partial charge is 0.308 e. The highest BCUT2D eigenvalue weighted by Crippen LogP contribution is 2.50. The number of rotatable bonds is 6. The van der Waals surface area contributed by atoms with Crippen molar-refractivity contribution < 1.29 is 9.53 Å². The van der Waals surface area contributed by atoms with Crippen LogP contribution in [0.3, 0.4) is 0 Å². The van der Waals surface area contributed by atoms with Gasteiger partial charge in [-0.15, -0.1) is 11.3 Å². The molecule has 0 saturated heterocycles. The largest absolute Gasteiger partial charge is 0.466 e. The van der Waals surface area contributed by atoms with Gasteiger partial charge in [-0.1, -0.05) is 19.9 Å². The minimum Gasteiger partial charge on any atom is -0.466 e. The molecule has 2 atom stereocenters. The Morgan fingerprint density at radius 2 is 2.03 bits per heavy atom. The zero-order valence-corrected chi connectivity index (χ0v) is 20.8. The first-order valence-electron chi connectivity index (χ1n) is 11.6. The van der Waals surface area contributed by atoms with Gasteiger partial charge in [0.05, 0.1) is 22.4 Å².